The summed E-state index contributed by atoms with van der Waals surface area (Å²) in [5.74, 6) is 1.85. The molecule has 0 aromatic heterocycles. The second-order valence-electron chi connectivity index (χ2n) is 5.22. The molecule has 100 valence electrons. The van der Waals surface area contributed by atoms with Gasteiger partial charge in [0.1, 0.15) is 12.4 Å². The van der Waals surface area contributed by atoms with Gasteiger partial charge in [0.25, 0.3) is 0 Å². The van der Waals surface area contributed by atoms with Crippen LogP contribution in [0.1, 0.15) is 32.6 Å². The van der Waals surface area contributed by atoms with E-state index in [4.69, 9.17) is 4.74 Å². The van der Waals surface area contributed by atoms with Crippen LogP contribution in [0.15, 0.2) is 28.7 Å². The molecule has 0 amide bonds. The fourth-order valence-corrected chi connectivity index (χ4v) is 2.83. The molecular formula is C15H22BrNO. The monoisotopic (exact) mass is 311 g/mol. The summed E-state index contributed by atoms with van der Waals surface area (Å²) in [4.78, 5) is 0. The highest BCUT2D eigenvalue weighted by molar-refractivity contribution is 9.10. The second kappa shape index (κ2) is 7.15. The van der Waals surface area contributed by atoms with Gasteiger partial charge in [0.05, 0.1) is 0 Å². The molecule has 2 rings (SSSR count). The summed E-state index contributed by atoms with van der Waals surface area (Å²) in [6.07, 6.45) is 5.37. The van der Waals surface area contributed by atoms with Crippen molar-refractivity contribution in [3.05, 3.63) is 28.7 Å². The molecule has 0 spiro atoms. The van der Waals surface area contributed by atoms with Gasteiger partial charge >= 0.3 is 0 Å². The minimum Gasteiger partial charge on any atom is -0.492 e. The molecule has 1 saturated carbocycles. The van der Waals surface area contributed by atoms with Crippen molar-refractivity contribution < 1.29 is 4.74 Å². The van der Waals surface area contributed by atoms with Crippen LogP contribution >= 0.6 is 15.9 Å². The van der Waals surface area contributed by atoms with E-state index in [0.29, 0.717) is 6.04 Å². The van der Waals surface area contributed by atoms with Crippen LogP contribution in [0.5, 0.6) is 5.75 Å². The quantitative estimate of drug-likeness (QED) is 0.830. The molecule has 1 aliphatic rings. The lowest BCUT2D eigenvalue weighted by Crippen LogP contribution is -2.35. The van der Waals surface area contributed by atoms with Crippen LogP contribution in [0, 0.1) is 5.92 Å². The normalized spacial score (nSPS) is 23.9. The van der Waals surface area contributed by atoms with E-state index in [9.17, 15) is 0 Å². The molecule has 1 aliphatic carbocycles. The fraction of sp³-hybridized carbons (Fsp3) is 0.600. The molecule has 0 radical (unpaired) electrons. The first kappa shape index (κ1) is 13.9. The van der Waals surface area contributed by atoms with Crippen LogP contribution in [-0.4, -0.2) is 19.2 Å². The second-order valence-corrected chi connectivity index (χ2v) is 6.13. The van der Waals surface area contributed by atoms with E-state index in [2.05, 4.69) is 28.2 Å². The van der Waals surface area contributed by atoms with E-state index in [1.165, 1.54) is 25.7 Å². The van der Waals surface area contributed by atoms with Gasteiger partial charge in [0.2, 0.25) is 0 Å². The maximum Gasteiger partial charge on any atom is 0.120 e. The van der Waals surface area contributed by atoms with E-state index in [1.54, 1.807) is 0 Å². The Balaban J connectivity index is 1.61. The molecule has 0 atom stereocenters. The Kier molecular flexibility index (Phi) is 5.51. The SMILES string of the molecule is CC1CCC(NCCOc2cccc(Br)c2)CC1. The van der Waals surface area contributed by atoms with E-state index in [-0.39, 0.29) is 0 Å². The number of hydrogen-bond acceptors (Lipinski definition) is 2. The van der Waals surface area contributed by atoms with Gasteiger partial charge in [-0.05, 0) is 49.8 Å². The van der Waals surface area contributed by atoms with E-state index < -0.39 is 0 Å². The number of hydrogen-bond donors (Lipinski definition) is 1. The molecule has 2 nitrogen and oxygen atoms in total. The lowest BCUT2D eigenvalue weighted by molar-refractivity contribution is 0.270. The Morgan fingerprint density at radius 1 is 1.28 bits per heavy atom. The highest BCUT2D eigenvalue weighted by Gasteiger charge is 2.17. The number of rotatable bonds is 5. The summed E-state index contributed by atoms with van der Waals surface area (Å²) < 4.78 is 6.77. The van der Waals surface area contributed by atoms with E-state index in [1.807, 2.05) is 24.3 Å². The van der Waals surface area contributed by atoms with Gasteiger partial charge in [-0.25, -0.2) is 0 Å². The van der Waals surface area contributed by atoms with Gasteiger partial charge in [0.15, 0.2) is 0 Å². The first-order valence-electron chi connectivity index (χ1n) is 6.86. The standard InChI is InChI=1S/C15H22BrNO/c1-12-5-7-14(8-6-12)17-9-10-18-15-4-2-3-13(16)11-15/h2-4,11-12,14,17H,5-10H2,1H3. The summed E-state index contributed by atoms with van der Waals surface area (Å²) in [5.41, 5.74) is 0. The topological polar surface area (TPSA) is 21.3 Å². The average Bonchev–Trinajstić information content (AvgIpc) is 2.37. The molecule has 0 unspecified atom stereocenters. The van der Waals surface area contributed by atoms with Gasteiger partial charge in [-0.2, -0.15) is 0 Å². The van der Waals surface area contributed by atoms with E-state index >= 15 is 0 Å². The van der Waals surface area contributed by atoms with Gasteiger partial charge in [-0.15, -0.1) is 0 Å². The van der Waals surface area contributed by atoms with Gasteiger partial charge in [-0.1, -0.05) is 28.9 Å². The molecule has 18 heavy (non-hydrogen) atoms. The van der Waals surface area contributed by atoms with Crippen molar-refractivity contribution in [3.63, 3.8) is 0 Å². The zero-order valence-electron chi connectivity index (χ0n) is 11.0. The van der Waals surface area contributed by atoms with Gasteiger partial charge in [0, 0.05) is 17.1 Å². The zero-order chi connectivity index (χ0) is 12.8. The Morgan fingerprint density at radius 3 is 2.78 bits per heavy atom. The van der Waals surface area contributed by atoms with Crippen molar-refractivity contribution in [1.82, 2.24) is 5.32 Å². The average molecular weight is 312 g/mol. The summed E-state index contributed by atoms with van der Waals surface area (Å²) in [6, 6.07) is 8.70. The number of ether oxygens (including phenoxy) is 1. The highest BCUT2D eigenvalue weighted by Crippen LogP contribution is 2.23. The molecule has 0 saturated heterocycles. The fourth-order valence-electron chi connectivity index (χ4n) is 2.45. The summed E-state index contributed by atoms with van der Waals surface area (Å²) >= 11 is 3.44. The van der Waals surface area contributed by atoms with E-state index in [0.717, 1.165) is 29.3 Å². The lowest BCUT2D eigenvalue weighted by Gasteiger charge is -2.27. The highest BCUT2D eigenvalue weighted by atomic mass is 79.9. The molecule has 1 aromatic rings. The Labute approximate surface area is 118 Å². The maximum absolute atomic E-state index is 5.71. The molecule has 0 aliphatic heterocycles. The van der Waals surface area contributed by atoms with Gasteiger partial charge < -0.3 is 10.1 Å². The number of nitrogens with one attached hydrogen (secondary N) is 1. The molecule has 1 aromatic carbocycles. The Bertz CT molecular complexity index is 361. The van der Waals surface area contributed by atoms with Crippen LogP contribution < -0.4 is 10.1 Å². The smallest absolute Gasteiger partial charge is 0.120 e. The third-order valence-electron chi connectivity index (χ3n) is 3.62. The van der Waals surface area contributed by atoms with Crippen LogP contribution in [0.2, 0.25) is 0 Å². The third kappa shape index (κ3) is 4.62. The van der Waals surface area contributed by atoms with Crippen molar-refractivity contribution in [2.45, 2.75) is 38.6 Å². The zero-order valence-corrected chi connectivity index (χ0v) is 12.6. The summed E-state index contributed by atoms with van der Waals surface area (Å²) in [7, 11) is 0. The third-order valence-corrected chi connectivity index (χ3v) is 4.11. The first-order valence-corrected chi connectivity index (χ1v) is 7.65. The van der Waals surface area contributed by atoms with Crippen molar-refractivity contribution >= 4 is 15.9 Å². The molecule has 3 heteroatoms. The van der Waals surface area contributed by atoms with Crippen molar-refractivity contribution in [2.24, 2.45) is 5.92 Å². The van der Waals surface area contributed by atoms with Crippen molar-refractivity contribution in [1.29, 1.82) is 0 Å². The Hall–Kier alpha value is -0.540. The van der Waals surface area contributed by atoms with Crippen molar-refractivity contribution in [2.75, 3.05) is 13.2 Å². The van der Waals surface area contributed by atoms with Gasteiger partial charge in [-0.3, -0.25) is 0 Å². The maximum atomic E-state index is 5.71. The Morgan fingerprint density at radius 2 is 2.06 bits per heavy atom. The summed E-state index contributed by atoms with van der Waals surface area (Å²) in [6.45, 7) is 4.03. The number of halogens is 1. The minimum atomic E-state index is 0.701. The van der Waals surface area contributed by atoms with Crippen LogP contribution in [0.3, 0.4) is 0 Å². The predicted molar refractivity (Wildman–Crippen MR) is 79.1 cm³/mol. The van der Waals surface area contributed by atoms with Crippen LogP contribution in [0.4, 0.5) is 0 Å². The van der Waals surface area contributed by atoms with Crippen molar-refractivity contribution in [3.8, 4) is 5.75 Å². The summed E-state index contributed by atoms with van der Waals surface area (Å²) in [5, 5.41) is 3.59. The predicted octanol–water partition coefficient (Wildman–Crippen LogP) is 4.00. The van der Waals surface area contributed by atoms with Crippen LogP contribution in [-0.2, 0) is 0 Å². The molecule has 0 bridgehead atoms. The molecule has 0 heterocycles. The molecular weight excluding hydrogens is 290 g/mol. The largest absolute Gasteiger partial charge is 0.492 e. The lowest BCUT2D eigenvalue weighted by atomic mass is 9.87. The molecule has 1 N–H and O–H groups in total. The first-order chi connectivity index (χ1) is 8.74. The van der Waals surface area contributed by atoms with Crippen LogP contribution in [0.25, 0.3) is 0 Å². The minimum absolute atomic E-state index is 0.701. The molecule has 1 fully saturated rings. The number of benzene rings is 1.